The maximum Gasteiger partial charge on any atom is 0.238 e. The first-order chi connectivity index (χ1) is 11.7. The molecule has 1 aliphatic carbocycles. The summed E-state index contributed by atoms with van der Waals surface area (Å²) in [6.07, 6.45) is 1.13. The Kier molecular flexibility index (Phi) is 3.66. The van der Waals surface area contributed by atoms with Gasteiger partial charge in [-0.3, -0.25) is 4.79 Å². The minimum absolute atomic E-state index is 0.132. The summed E-state index contributed by atoms with van der Waals surface area (Å²) in [5, 5.41) is 13.8. The van der Waals surface area contributed by atoms with E-state index >= 15 is 0 Å². The highest BCUT2D eigenvalue weighted by Gasteiger charge is 2.60. The lowest BCUT2D eigenvalue weighted by molar-refractivity contribution is -0.121. The topological polar surface area (TPSA) is 52.6 Å². The van der Waals surface area contributed by atoms with Crippen molar-refractivity contribution in [3.8, 4) is 0 Å². The number of benzene rings is 2. The van der Waals surface area contributed by atoms with Gasteiger partial charge in [0.1, 0.15) is 0 Å². The molecular formula is C20H22N2O2. The number of para-hydroxylation sites is 1. The highest BCUT2D eigenvalue weighted by Crippen LogP contribution is 2.59. The lowest BCUT2D eigenvalue weighted by atomic mass is 9.98. The Morgan fingerprint density at radius 2 is 1.79 bits per heavy atom. The van der Waals surface area contributed by atoms with Crippen LogP contribution in [0.5, 0.6) is 0 Å². The number of aliphatic hydroxyl groups excluding tert-OH is 1. The van der Waals surface area contributed by atoms with Crippen LogP contribution in [0.3, 0.4) is 0 Å². The van der Waals surface area contributed by atoms with Crippen molar-refractivity contribution in [3.05, 3.63) is 65.7 Å². The van der Waals surface area contributed by atoms with Gasteiger partial charge in [-0.05, 0) is 37.1 Å². The van der Waals surface area contributed by atoms with E-state index < -0.39 is 6.10 Å². The third-order valence-corrected chi connectivity index (χ3v) is 5.25. The Labute approximate surface area is 142 Å². The van der Waals surface area contributed by atoms with E-state index in [2.05, 4.69) is 11.4 Å². The summed E-state index contributed by atoms with van der Waals surface area (Å²) in [6, 6.07) is 17.5. The Morgan fingerprint density at radius 3 is 2.46 bits per heavy atom. The molecule has 2 aromatic carbocycles. The van der Waals surface area contributed by atoms with Gasteiger partial charge in [-0.2, -0.15) is 0 Å². The Balaban J connectivity index is 1.83. The molecule has 4 rings (SSSR count). The van der Waals surface area contributed by atoms with E-state index in [1.165, 1.54) is 0 Å². The highest BCUT2D eigenvalue weighted by atomic mass is 16.3. The molecular weight excluding hydrogens is 300 g/mol. The molecule has 0 bridgehead atoms. The number of likely N-dealkylation sites (N-methyl/N-ethyl adjacent to an activating group) is 1. The zero-order valence-electron chi connectivity index (χ0n) is 13.8. The molecule has 1 heterocycles. The summed E-state index contributed by atoms with van der Waals surface area (Å²) < 4.78 is 0. The number of nitrogens with zero attached hydrogens (tertiary/aromatic N) is 1. The van der Waals surface area contributed by atoms with Crippen LogP contribution in [-0.4, -0.2) is 30.7 Å². The van der Waals surface area contributed by atoms with Gasteiger partial charge in [0.25, 0.3) is 0 Å². The monoisotopic (exact) mass is 322 g/mol. The van der Waals surface area contributed by atoms with Gasteiger partial charge in [0.2, 0.25) is 5.91 Å². The van der Waals surface area contributed by atoms with Crippen LogP contribution in [0.25, 0.3) is 0 Å². The predicted molar refractivity (Wildman–Crippen MR) is 94.0 cm³/mol. The quantitative estimate of drug-likeness (QED) is 0.889. The fourth-order valence-electron chi connectivity index (χ4n) is 3.94. The van der Waals surface area contributed by atoms with Crippen LogP contribution < -0.4 is 10.2 Å². The van der Waals surface area contributed by atoms with Crippen molar-refractivity contribution in [3.63, 3.8) is 0 Å². The minimum atomic E-state index is -0.677. The van der Waals surface area contributed by atoms with Crippen molar-refractivity contribution in [2.45, 2.75) is 30.4 Å². The molecule has 1 fully saturated rings. The molecule has 1 saturated carbocycles. The summed E-state index contributed by atoms with van der Waals surface area (Å²) in [5.41, 5.74) is 2.68. The molecule has 2 atom stereocenters. The van der Waals surface area contributed by atoms with Crippen molar-refractivity contribution in [1.29, 1.82) is 0 Å². The maximum atomic E-state index is 13.3. The molecule has 1 spiro atoms. The fourth-order valence-corrected chi connectivity index (χ4v) is 3.94. The molecule has 4 heteroatoms. The molecule has 2 aromatic rings. The summed E-state index contributed by atoms with van der Waals surface area (Å²) in [5.74, 6) is 0.132. The third-order valence-electron chi connectivity index (χ3n) is 5.25. The van der Waals surface area contributed by atoms with Crippen LogP contribution in [-0.2, 0) is 10.2 Å². The maximum absolute atomic E-state index is 13.3. The number of rotatable bonds is 5. The van der Waals surface area contributed by atoms with E-state index in [0.717, 1.165) is 29.7 Å². The molecule has 24 heavy (non-hydrogen) atoms. The number of hydrogen-bond donors (Lipinski definition) is 2. The molecule has 0 radical (unpaired) electrons. The number of aliphatic hydroxyl groups is 1. The number of fused-ring (bicyclic) bond motifs is 2. The molecule has 0 saturated heterocycles. The number of carbonyl (C=O) groups excluding carboxylic acids is 1. The van der Waals surface area contributed by atoms with E-state index in [4.69, 9.17) is 0 Å². The van der Waals surface area contributed by atoms with E-state index in [0.29, 0.717) is 6.54 Å². The van der Waals surface area contributed by atoms with Gasteiger partial charge in [0, 0.05) is 12.2 Å². The number of hydrogen-bond acceptors (Lipinski definition) is 3. The van der Waals surface area contributed by atoms with Crippen LogP contribution in [0.15, 0.2) is 54.6 Å². The van der Waals surface area contributed by atoms with E-state index in [1.54, 1.807) is 0 Å². The van der Waals surface area contributed by atoms with Gasteiger partial charge in [-0.1, -0.05) is 48.5 Å². The minimum Gasteiger partial charge on any atom is -0.389 e. The predicted octanol–water partition coefficient (Wildman–Crippen LogP) is 2.39. The summed E-state index contributed by atoms with van der Waals surface area (Å²) >= 11 is 0. The number of nitrogens with one attached hydrogen (secondary N) is 1. The van der Waals surface area contributed by atoms with Gasteiger partial charge >= 0.3 is 0 Å². The molecule has 0 unspecified atom stereocenters. The Morgan fingerprint density at radius 1 is 1.12 bits per heavy atom. The Bertz CT molecular complexity index is 755. The Hall–Kier alpha value is -2.17. The normalized spacial score (nSPS) is 20.1. The van der Waals surface area contributed by atoms with E-state index in [-0.39, 0.29) is 17.4 Å². The van der Waals surface area contributed by atoms with Crippen molar-refractivity contribution in [1.82, 2.24) is 5.32 Å². The molecule has 1 aliphatic heterocycles. The first-order valence-corrected chi connectivity index (χ1v) is 8.50. The third kappa shape index (κ3) is 2.18. The smallest absolute Gasteiger partial charge is 0.238 e. The van der Waals surface area contributed by atoms with Crippen LogP contribution in [0.2, 0.25) is 0 Å². The van der Waals surface area contributed by atoms with Crippen LogP contribution in [0.4, 0.5) is 5.69 Å². The molecule has 2 N–H and O–H groups in total. The SMILES string of the molecule is CNC[C@@H](O)[C@H](c1ccccc1)N1C(=O)C2(CC2)c2ccccc21. The van der Waals surface area contributed by atoms with Crippen molar-refractivity contribution in [2.24, 2.45) is 0 Å². The lowest BCUT2D eigenvalue weighted by Crippen LogP contribution is -2.44. The summed E-state index contributed by atoms with van der Waals surface area (Å²) in [7, 11) is 1.81. The van der Waals surface area contributed by atoms with E-state index in [9.17, 15) is 9.90 Å². The standard InChI is InChI=1S/C20H22N2O2/c1-21-13-17(23)18(14-7-3-2-4-8-14)22-16-10-6-5-9-15(16)20(11-12-20)19(22)24/h2-10,17-18,21,23H,11-13H2,1H3/t17-,18+/m1/s1. The largest absolute Gasteiger partial charge is 0.389 e. The van der Waals surface area contributed by atoms with Gasteiger partial charge in [0.15, 0.2) is 0 Å². The second-order valence-corrected chi connectivity index (χ2v) is 6.75. The number of amides is 1. The zero-order valence-corrected chi connectivity index (χ0v) is 13.8. The van der Waals surface area contributed by atoms with Crippen molar-refractivity contribution < 1.29 is 9.90 Å². The van der Waals surface area contributed by atoms with Crippen LogP contribution >= 0.6 is 0 Å². The van der Waals surface area contributed by atoms with Gasteiger partial charge in [-0.15, -0.1) is 0 Å². The molecule has 0 aromatic heterocycles. The average Bonchev–Trinajstić information content (AvgIpc) is 3.38. The van der Waals surface area contributed by atoms with Crippen LogP contribution in [0.1, 0.15) is 30.0 Å². The van der Waals surface area contributed by atoms with Gasteiger partial charge < -0.3 is 15.3 Å². The second-order valence-electron chi connectivity index (χ2n) is 6.75. The number of anilines is 1. The van der Waals surface area contributed by atoms with Crippen molar-refractivity contribution >= 4 is 11.6 Å². The second kappa shape index (κ2) is 5.72. The summed E-state index contributed by atoms with van der Waals surface area (Å²) in [4.78, 5) is 15.1. The van der Waals surface area contributed by atoms with Crippen LogP contribution in [0, 0.1) is 0 Å². The average molecular weight is 322 g/mol. The fraction of sp³-hybridized carbons (Fsp3) is 0.350. The first-order valence-electron chi connectivity index (χ1n) is 8.50. The summed E-state index contributed by atoms with van der Waals surface area (Å²) in [6.45, 7) is 0.429. The lowest BCUT2D eigenvalue weighted by Gasteiger charge is -2.33. The van der Waals surface area contributed by atoms with Gasteiger partial charge in [0.05, 0.1) is 17.6 Å². The molecule has 1 amide bonds. The number of carbonyl (C=O) groups is 1. The molecule has 2 aliphatic rings. The molecule has 124 valence electrons. The highest BCUT2D eigenvalue weighted by molar-refractivity contribution is 6.10. The van der Waals surface area contributed by atoms with Gasteiger partial charge in [-0.25, -0.2) is 0 Å². The van der Waals surface area contributed by atoms with Crippen molar-refractivity contribution in [2.75, 3.05) is 18.5 Å². The zero-order chi connectivity index (χ0) is 16.7. The first kappa shape index (κ1) is 15.4. The molecule has 4 nitrogen and oxygen atoms in total. The van der Waals surface area contributed by atoms with E-state index in [1.807, 2.05) is 60.5 Å².